The van der Waals surface area contributed by atoms with Crippen LogP contribution in [0.4, 0.5) is 0 Å². The van der Waals surface area contributed by atoms with Gasteiger partial charge in [-0.1, -0.05) is 35.6 Å². The van der Waals surface area contributed by atoms with Gasteiger partial charge in [0.1, 0.15) is 4.32 Å². The van der Waals surface area contributed by atoms with E-state index < -0.39 is 5.91 Å². The lowest BCUT2D eigenvalue weighted by Crippen LogP contribution is -2.30. The summed E-state index contributed by atoms with van der Waals surface area (Å²) in [5.41, 5.74) is 5.62. The smallest absolute Gasteiger partial charge is 0.266 e. The summed E-state index contributed by atoms with van der Waals surface area (Å²) in [4.78, 5) is 25.0. The molecule has 1 aliphatic heterocycles. The number of halogens is 1. The Morgan fingerprint density at radius 1 is 1.42 bits per heavy atom. The van der Waals surface area contributed by atoms with Crippen LogP contribution in [-0.2, 0) is 9.59 Å². The Labute approximate surface area is 165 Å². The number of aliphatic hydroxyl groups excluding tert-OH is 1. The number of ether oxygens (including phenoxy) is 2. The fraction of sp³-hybridized carbons (Fsp3) is 0.312. The second-order valence-electron chi connectivity index (χ2n) is 5.07. The molecular formula is C16H17ClN2O5S2. The van der Waals surface area contributed by atoms with Gasteiger partial charge in [-0.15, -0.1) is 0 Å². The topological polar surface area (TPSA) is 102 Å². The summed E-state index contributed by atoms with van der Waals surface area (Å²) in [6, 6.07) is 3.11. The van der Waals surface area contributed by atoms with Crippen molar-refractivity contribution in [3.63, 3.8) is 0 Å². The highest BCUT2D eigenvalue weighted by atomic mass is 35.5. The Kier molecular flexibility index (Phi) is 7.27. The van der Waals surface area contributed by atoms with Gasteiger partial charge in [0.05, 0.1) is 29.7 Å². The van der Waals surface area contributed by atoms with Gasteiger partial charge in [-0.05, 0) is 24.6 Å². The van der Waals surface area contributed by atoms with Crippen LogP contribution >= 0.6 is 35.6 Å². The molecule has 1 fully saturated rings. The number of benzene rings is 1. The number of nitrogens with zero attached hydrogens (tertiary/aromatic N) is 1. The lowest BCUT2D eigenvalue weighted by molar-refractivity contribution is -0.122. The third-order valence-electron chi connectivity index (χ3n) is 3.22. The molecule has 0 atom stereocenters. The lowest BCUT2D eigenvalue weighted by atomic mass is 10.1. The van der Waals surface area contributed by atoms with E-state index in [0.29, 0.717) is 32.2 Å². The van der Waals surface area contributed by atoms with Gasteiger partial charge in [0, 0.05) is 6.07 Å². The minimum Gasteiger partial charge on any atom is -0.490 e. The van der Waals surface area contributed by atoms with Crippen LogP contribution in [0.1, 0.15) is 12.5 Å². The van der Waals surface area contributed by atoms with E-state index in [-0.39, 0.29) is 31.4 Å². The monoisotopic (exact) mass is 416 g/mol. The van der Waals surface area contributed by atoms with Crippen LogP contribution in [0.25, 0.3) is 6.08 Å². The molecule has 1 aromatic carbocycles. The van der Waals surface area contributed by atoms with Crippen molar-refractivity contribution in [3.8, 4) is 11.5 Å². The Morgan fingerprint density at radius 2 is 2.12 bits per heavy atom. The highest BCUT2D eigenvalue weighted by Crippen LogP contribution is 2.38. The summed E-state index contributed by atoms with van der Waals surface area (Å²) in [6.45, 7) is 1.81. The second-order valence-corrected chi connectivity index (χ2v) is 7.15. The highest BCUT2D eigenvalue weighted by molar-refractivity contribution is 8.26. The van der Waals surface area contributed by atoms with Crippen LogP contribution in [0, 0.1) is 0 Å². The van der Waals surface area contributed by atoms with Gasteiger partial charge in [-0.25, -0.2) is 0 Å². The van der Waals surface area contributed by atoms with E-state index in [0.717, 1.165) is 11.8 Å². The molecule has 2 amide bonds. The van der Waals surface area contributed by atoms with E-state index in [1.165, 1.54) is 11.0 Å². The predicted octanol–water partition coefficient (Wildman–Crippen LogP) is 1.80. The molecule has 0 spiro atoms. The summed E-state index contributed by atoms with van der Waals surface area (Å²) in [7, 11) is 0. The van der Waals surface area contributed by atoms with Crippen LogP contribution in [0.15, 0.2) is 17.0 Å². The van der Waals surface area contributed by atoms with Gasteiger partial charge in [-0.2, -0.15) is 0 Å². The SMILES string of the molecule is CCOc1cc(/C=C2/SC(=S)N(CCO)C2=O)c(Cl)cc1OCC(N)=O. The molecule has 140 valence electrons. The largest absolute Gasteiger partial charge is 0.490 e. The zero-order chi connectivity index (χ0) is 19.3. The summed E-state index contributed by atoms with van der Waals surface area (Å²) in [5.74, 6) is -0.270. The van der Waals surface area contributed by atoms with Gasteiger partial charge in [0.25, 0.3) is 11.8 Å². The highest BCUT2D eigenvalue weighted by Gasteiger charge is 2.31. The number of carbonyl (C=O) groups is 2. The minimum atomic E-state index is -0.625. The molecule has 1 aliphatic rings. The maximum atomic E-state index is 12.4. The maximum Gasteiger partial charge on any atom is 0.266 e. The number of hydrogen-bond acceptors (Lipinski definition) is 7. The summed E-state index contributed by atoms with van der Waals surface area (Å²) >= 11 is 12.6. The number of hydrogen-bond donors (Lipinski definition) is 2. The Balaban J connectivity index is 2.34. The zero-order valence-electron chi connectivity index (χ0n) is 13.9. The molecule has 10 heteroatoms. The number of primary amides is 1. The van der Waals surface area contributed by atoms with Crippen molar-refractivity contribution in [2.45, 2.75) is 6.92 Å². The zero-order valence-corrected chi connectivity index (χ0v) is 16.2. The summed E-state index contributed by atoms with van der Waals surface area (Å²) in [6.07, 6.45) is 1.60. The quantitative estimate of drug-likeness (QED) is 0.492. The molecule has 1 heterocycles. The van der Waals surface area contributed by atoms with Crippen LogP contribution < -0.4 is 15.2 Å². The van der Waals surface area contributed by atoms with Crippen LogP contribution in [0.2, 0.25) is 5.02 Å². The number of rotatable bonds is 8. The van der Waals surface area contributed by atoms with Gasteiger partial charge < -0.3 is 20.3 Å². The third-order valence-corrected chi connectivity index (χ3v) is 4.92. The number of thioether (sulfide) groups is 1. The first-order valence-corrected chi connectivity index (χ1v) is 9.21. The first kappa shape index (κ1) is 20.5. The predicted molar refractivity (Wildman–Crippen MR) is 104 cm³/mol. The van der Waals surface area contributed by atoms with Crippen molar-refractivity contribution in [3.05, 3.63) is 27.6 Å². The van der Waals surface area contributed by atoms with Crippen LogP contribution in [0.5, 0.6) is 11.5 Å². The standard InChI is InChI=1S/C16H17ClN2O5S2/c1-2-23-11-5-9(10(17)7-12(11)24-8-14(18)21)6-13-15(22)19(3-4-20)16(25)26-13/h5-7,20H,2-4,8H2,1H3,(H2,18,21)/b13-6+. The normalized spacial score (nSPS) is 15.7. The molecule has 26 heavy (non-hydrogen) atoms. The number of thiocarbonyl (C=S) groups is 1. The molecular weight excluding hydrogens is 400 g/mol. The number of nitrogens with two attached hydrogens (primary N) is 1. The first-order chi connectivity index (χ1) is 12.4. The fourth-order valence-electron chi connectivity index (χ4n) is 2.13. The number of carbonyl (C=O) groups excluding carboxylic acids is 2. The molecule has 7 nitrogen and oxygen atoms in total. The number of β-amino-alcohol motifs (C(OH)–C–C–N with tert-alkyl or cyclic N) is 1. The Morgan fingerprint density at radius 3 is 2.73 bits per heavy atom. The van der Waals surface area contributed by atoms with E-state index in [4.69, 9.17) is 44.1 Å². The lowest BCUT2D eigenvalue weighted by Gasteiger charge is -2.13. The molecule has 1 aromatic rings. The Hall–Kier alpha value is -1.81. The number of aliphatic hydroxyl groups is 1. The van der Waals surface area contributed by atoms with Crippen LogP contribution in [0.3, 0.4) is 0 Å². The molecule has 0 aromatic heterocycles. The first-order valence-electron chi connectivity index (χ1n) is 7.61. The van der Waals surface area contributed by atoms with Crippen molar-refractivity contribution >= 4 is 57.8 Å². The van der Waals surface area contributed by atoms with Crippen molar-refractivity contribution in [1.29, 1.82) is 0 Å². The summed E-state index contributed by atoms with van der Waals surface area (Å²) in [5, 5.41) is 9.34. The van der Waals surface area contributed by atoms with Crippen molar-refractivity contribution < 1.29 is 24.2 Å². The van der Waals surface area contributed by atoms with Gasteiger partial charge in [0.2, 0.25) is 0 Å². The van der Waals surface area contributed by atoms with E-state index >= 15 is 0 Å². The van der Waals surface area contributed by atoms with Crippen LogP contribution in [-0.4, -0.2) is 52.5 Å². The van der Waals surface area contributed by atoms with Gasteiger partial charge in [0.15, 0.2) is 18.1 Å². The maximum absolute atomic E-state index is 12.4. The molecule has 0 radical (unpaired) electrons. The van der Waals surface area contributed by atoms with E-state index in [2.05, 4.69) is 0 Å². The van der Waals surface area contributed by atoms with Crippen molar-refractivity contribution in [2.24, 2.45) is 5.73 Å². The molecule has 1 saturated heterocycles. The third kappa shape index (κ3) is 4.88. The summed E-state index contributed by atoms with van der Waals surface area (Å²) < 4.78 is 11.2. The average molecular weight is 417 g/mol. The fourth-order valence-corrected chi connectivity index (χ4v) is 3.63. The minimum absolute atomic E-state index is 0.139. The van der Waals surface area contributed by atoms with E-state index in [1.807, 2.05) is 0 Å². The van der Waals surface area contributed by atoms with E-state index in [1.54, 1.807) is 19.1 Å². The average Bonchev–Trinajstić information content (AvgIpc) is 2.84. The van der Waals surface area contributed by atoms with Crippen molar-refractivity contribution in [1.82, 2.24) is 4.90 Å². The molecule has 0 aliphatic carbocycles. The molecule has 2 rings (SSSR count). The van der Waals surface area contributed by atoms with Gasteiger partial charge >= 0.3 is 0 Å². The van der Waals surface area contributed by atoms with Gasteiger partial charge in [-0.3, -0.25) is 14.5 Å². The van der Waals surface area contributed by atoms with E-state index in [9.17, 15) is 9.59 Å². The van der Waals surface area contributed by atoms with Crippen molar-refractivity contribution in [2.75, 3.05) is 26.4 Å². The molecule has 0 saturated carbocycles. The number of amides is 2. The Bertz CT molecular complexity index is 769. The molecule has 0 unspecified atom stereocenters. The molecule has 0 bridgehead atoms. The molecule has 3 N–H and O–H groups in total. The second kappa shape index (κ2) is 9.22.